The molecule has 2 N–H and O–H groups in total. The number of nitrogens with one attached hydrogen (secondary N) is 1. The van der Waals surface area contributed by atoms with Crippen molar-refractivity contribution in [3.63, 3.8) is 0 Å². The second kappa shape index (κ2) is 6.21. The zero-order valence-electron chi connectivity index (χ0n) is 10.6. The zero-order valence-corrected chi connectivity index (χ0v) is 10.6. The lowest BCUT2D eigenvalue weighted by Gasteiger charge is -2.23. The van der Waals surface area contributed by atoms with Gasteiger partial charge in [-0.1, -0.05) is 13.8 Å². The van der Waals surface area contributed by atoms with E-state index in [9.17, 15) is 9.90 Å². The van der Waals surface area contributed by atoms with E-state index in [0.717, 1.165) is 25.9 Å². The number of carbonyl (C=O) groups is 1. The fraction of sp³-hybridized carbons (Fsp3) is 0.917. The second-order valence-corrected chi connectivity index (χ2v) is 5.09. The first kappa shape index (κ1) is 13.5. The van der Waals surface area contributed by atoms with E-state index in [0.29, 0.717) is 12.5 Å². The van der Waals surface area contributed by atoms with Gasteiger partial charge in [-0.15, -0.1) is 0 Å². The van der Waals surface area contributed by atoms with Crippen molar-refractivity contribution in [2.75, 3.05) is 19.6 Å². The Labute approximate surface area is 98.0 Å². The van der Waals surface area contributed by atoms with Gasteiger partial charge in [0.2, 0.25) is 5.91 Å². The number of amides is 1. The summed E-state index contributed by atoms with van der Waals surface area (Å²) in [5, 5.41) is 12.3. The number of rotatable bonds is 5. The highest BCUT2D eigenvalue weighted by Crippen LogP contribution is 2.12. The summed E-state index contributed by atoms with van der Waals surface area (Å²) in [5.74, 6) is 0.693. The van der Waals surface area contributed by atoms with E-state index in [1.54, 1.807) is 0 Å². The molecule has 0 aromatic heterocycles. The van der Waals surface area contributed by atoms with Gasteiger partial charge in [0.25, 0.3) is 0 Å². The average molecular weight is 228 g/mol. The van der Waals surface area contributed by atoms with Crippen LogP contribution in [0.3, 0.4) is 0 Å². The van der Waals surface area contributed by atoms with Gasteiger partial charge in [-0.25, -0.2) is 0 Å². The number of likely N-dealkylation sites (tertiary alicyclic amines) is 1. The van der Waals surface area contributed by atoms with Crippen LogP contribution in [0, 0.1) is 5.92 Å². The second-order valence-electron chi connectivity index (χ2n) is 5.09. The molecule has 1 saturated heterocycles. The summed E-state index contributed by atoms with van der Waals surface area (Å²) >= 11 is 0. The molecule has 0 saturated carbocycles. The quantitative estimate of drug-likeness (QED) is 0.724. The highest BCUT2D eigenvalue weighted by Gasteiger charge is 2.28. The first-order chi connectivity index (χ1) is 7.50. The van der Waals surface area contributed by atoms with Crippen LogP contribution in [-0.4, -0.2) is 47.7 Å². The van der Waals surface area contributed by atoms with Crippen molar-refractivity contribution in [1.29, 1.82) is 0 Å². The fourth-order valence-corrected chi connectivity index (χ4v) is 1.92. The first-order valence-corrected chi connectivity index (χ1v) is 6.20. The molecule has 16 heavy (non-hydrogen) atoms. The molecule has 1 unspecified atom stereocenters. The predicted molar refractivity (Wildman–Crippen MR) is 64.1 cm³/mol. The molecular formula is C12H24N2O2. The van der Waals surface area contributed by atoms with E-state index in [-0.39, 0.29) is 18.1 Å². The molecule has 2 atom stereocenters. The van der Waals surface area contributed by atoms with Gasteiger partial charge >= 0.3 is 0 Å². The van der Waals surface area contributed by atoms with Crippen LogP contribution in [0.2, 0.25) is 0 Å². The smallest absolute Gasteiger partial charge is 0.237 e. The van der Waals surface area contributed by atoms with Crippen LogP contribution in [0.1, 0.15) is 33.6 Å². The minimum Gasteiger partial charge on any atom is -0.392 e. The Balaban J connectivity index is 2.25. The minimum atomic E-state index is -0.258. The highest BCUT2D eigenvalue weighted by molar-refractivity contribution is 5.81. The van der Waals surface area contributed by atoms with Crippen molar-refractivity contribution in [1.82, 2.24) is 10.2 Å². The average Bonchev–Trinajstić information content (AvgIpc) is 2.63. The molecule has 1 rings (SSSR count). The standard InChI is InChI=1S/C12H24N2O2/c1-9(2)4-6-13-12(16)10(3)14-7-5-11(15)8-14/h9-11,15H,4-8H2,1-3H3,(H,13,16)/t10?,11-/m1/s1. The van der Waals surface area contributed by atoms with Crippen LogP contribution in [0.5, 0.6) is 0 Å². The summed E-state index contributed by atoms with van der Waals surface area (Å²) in [7, 11) is 0. The van der Waals surface area contributed by atoms with Gasteiger partial charge in [0.05, 0.1) is 12.1 Å². The van der Waals surface area contributed by atoms with Crippen molar-refractivity contribution in [2.24, 2.45) is 5.92 Å². The van der Waals surface area contributed by atoms with Crippen LogP contribution >= 0.6 is 0 Å². The third-order valence-corrected chi connectivity index (χ3v) is 3.14. The van der Waals surface area contributed by atoms with E-state index in [4.69, 9.17) is 0 Å². The van der Waals surface area contributed by atoms with Crippen LogP contribution in [-0.2, 0) is 4.79 Å². The molecular weight excluding hydrogens is 204 g/mol. The van der Waals surface area contributed by atoms with Crippen LogP contribution in [0.25, 0.3) is 0 Å². The number of hydrogen-bond donors (Lipinski definition) is 2. The molecule has 0 aromatic rings. The maximum absolute atomic E-state index is 11.8. The van der Waals surface area contributed by atoms with Gasteiger partial charge in [-0.05, 0) is 25.7 Å². The number of hydrogen-bond acceptors (Lipinski definition) is 3. The van der Waals surface area contributed by atoms with Crippen molar-refractivity contribution < 1.29 is 9.90 Å². The van der Waals surface area contributed by atoms with Gasteiger partial charge in [0.1, 0.15) is 0 Å². The molecule has 1 fully saturated rings. The Hall–Kier alpha value is -0.610. The van der Waals surface area contributed by atoms with Gasteiger partial charge in [-0.3, -0.25) is 9.69 Å². The highest BCUT2D eigenvalue weighted by atomic mass is 16.3. The minimum absolute atomic E-state index is 0.0785. The summed E-state index contributed by atoms with van der Waals surface area (Å²) < 4.78 is 0. The Morgan fingerprint density at radius 3 is 2.69 bits per heavy atom. The first-order valence-electron chi connectivity index (χ1n) is 6.20. The van der Waals surface area contributed by atoms with Gasteiger partial charge in [-0.2, -0.15) is 0 Å². The Morgan fingerprint density at radius 1 is 1.50 bits per heavy atom. The van der Waals surface area contributed by atoms with Crippen molar-refractivity contribution in [2.45, 2.75) is 45.8 Å². The molecule has 1 heterocycles. The normalized spacial score (nSPS) is 23.7. The molecule has 4 nitrogen and oxygen atoms in total. The Kier molecular flexibility index (Phi) is 5.22. The summed E-state index contributed by atoms with van der Waals surface area (Å²) in [6, 6.07) is -0.121. The lowest BCUT2D eigenvalue weighted by molar-refractivity contribution is -0.125. The number of aliphatic hydroxyl groups excluding tert-OH is 1. The van der Waals surface area contributed by atoms with E-state index < -0.39 is 0 Å². The Bertz CT molecular complexity index is 231. The number of aliphatic hydroxyl groups is 1. The third kappa shape index (κ3) is 4.10. The van der Waals surface area contributed by atoms with Crippen LogP contribution in [0.4, 0.5) is 0 Å². The molecule has 1 aliphatic rings. The fourth-order valence-electron chi connectivity index (χ4n) is 1.92. The van der Waals surface area contributed by atoms with Gasteiger partial charge in [0.15, 0.2) is 0 Å². The van der Waals surface area contributed by atoms with E-state index >= 15 is 0 Å². The summed E-state index contributed by atoms with van der Waals surface area (Å²) in [6.45, 7) is 8.39. The van der Waals surface area contributed by atoms with Crippen molar-refractivity contribution >= 4 is 5.91 Å². The van der Waals surface area contributed by atoms with E-state index in [1.807, 2.05) is 11.8 Å². The Morgan fingerprint density at radius 2 is 2.19 bits per heavy atom. The van der Waals surface area contributed by atoms with Gasteiger partial charge < -0.3 is 10.4 Å². The molecule has 0 spiro atoms. The maximum atomic E-state index is 11.8. The molecule has 0 radical (unpaired) electrons. The van der Waals surface area contributed by atoms with Crippen molar-refractivity contribution in [3.8, 4) is 0 Å². The molecule has 1 aliphatic heterocycles. The lowest BCUT2D eigenvalue weighted by Crippen LogP contribution is -2.44. The molecule has 4 heteroatoms. The largest absolute Gasteiger partial charge is 0.392 e. The number of carbonyl (C=O) groups excluding carboxylic acids is 1. The zero-order chi connectivity index (χ0) is 12.1. The third-order valence-electron chi connectivity index (χ3n) is 3.14. The van der Waals surface area contributed by atoms with E-state index in [2.05, 4.69) is 19.2 Å². The summed E-state index contributed by atoms with van der Waals surface area (Å²) in [6.07, 6.45) is 1.54. The lowest BCUT2D eigenvalue weighted by atomic mass is 10.1. The molecule has 0 bridgehead atoms. The topological polar surface area (TPSA) is 52.6 Å². The maximum Gasteiger partial charge on any atom is 0.237 e. The molecule has 0 aromatic carbocycles. The summed E-state index contributed by atoms with van der Waals surface area (Å²) in [4.78, 5) is 13.8. The summed E-state index contributed by atoms with van der Waals surface area (Å²) in [5.41, 5.74) is 0. The predicted octanol–water partition coefficient (Wildman–Crippen LogP) is 0.604. The van der Waals surface area contributed by atoms with Crippen molar-refractivity contribution in [3.05, 3.63) is 0 Å². The molecule has 94 valence electrons. The number of nitrogens with zero attached hydrogens (tertiary/aromatic N) is 1. The van der Waals surface area contributed by atoms with E-state index in [1.165, 1.54) is 0 Å². The van der Waals surface area contributed by atoms with Gasteiger partial charge in [0, 0.05) is 19.6 Å². The van der Waals surface area contributed by atoms with Crippen LogP contribution in [0.15, 0.2) is 0 Å². The monoisotopic (exact) mass is 228 g/mol. The molecule has 0 aliphatic carbocycles. The van der Waals surface area contributed by atoms with Crippen LogP contribution < -0.4 is 5.32 Å². The molecule has 1 amide bonds. The number of β-amino-alcohol motifs (C(OH)–C–C–N with tert-alkyl or cyclic N) is 1. The SMILES string of the molecule is CC(C)CCNC(=O)C(C)N1CC[C@@H](O)C1.